The number of fused-ring (bicyclic) bond motifs is 1. The summed E-state index contributed by atoms with van der Waals surface area (Å²) in [5.41, 5.74) is 6.77. The molecule has 0 fully saturated rings. The highest BCUT2D eigenvalue weighted by Gasteiger charge is 2.16. The number of hydrogen-bond acceptors (Lipinski definition) is 4. The molecule has 0 bridgehead atoms. The van der Waals surface area contributed by atoms with Gasteiger partial charge in [-0.05, 0) is 35.6 Å². The number of rotatable bonds is 5. The highest BCUT2D eigenvalue weighted by atomic mass is 16.3. The summed E-state index contributed by atoms with van der Waals surface area (Å²) in [5, 5.41) is 14.1. The first-order valence-corrected chi connectivity index (χ1v) is 10.4. The molecule has 4 aromatic rings. The lowest BCUT2D eigenvalue weighted by Crippen LogP contribution is -2.12. The fourth-order valence-electron chi connectivity index (χ4n) is 3.69. The summed E-state index contributed by atoms with van der Waals surface area (Å²) in [7, 11) is 0. The third kappa shape index (κ3) is 4.42. The number of aromatic nitrogens is 3. The number of aryl methyl sites for hydroxylation is 1. The molecule has 0 unspecified atom stereocenters. The Morgan fingerprint density at radius 1 is 1.03 bits per heavy atom. The van der Waals surface area contributed by atoms with Crippen LogP contribution in [-0.4, -0.2) is 25.5 Å². The maximum absolute atomic E-state index is 13.0. The molecule has 0 saturated carbocycles. The molecule has 0 aliphatic carbocycles. The van der Waals surface area contributed by atoms with Crippen molar-refractivity contribution < 1.29 is 9.90 Å². The van der Waals surface area contributed by atoms with Crippen molar-refractivity contribution in [3.8, 4) is 11.3 Å². The van der Waals surface area contributed by atoms with E-state index in [4.69, 9.17) is 0 Å². The van der Waals surface area contributed by atoms with Crippen LogP contribution < -0.4 is 0 Å². The first-order valence-electron chi connectivity index (χ1n) is 10.4. The van der Waals surface area contributed by atoms with E-state index in [9.17, 15) is 9.90 Å². The average Bonchev–Trinajstić information content (AvgIpc) is 3.12. The van der Waals surface area contributed by atoms with Crippen molar-refractivity contribution in [2.45, 2.75) is 46.1 Å². The van der Waals surface area contributed by atoms with Gasteiger partial charge in [0.15, 0.2) is 11.4 Å². The Hall–Kier alpha value is -3.31. The zero-order chi connectivity index (χ0) is 22.2. The number of nitrogens with zero attached hydrogens (tertiary/aromatic N) is 3. The van der Waals surface area contributed by atoms with E-state index < -0.39 is 0 Å². The molecule has 5 heteroatoms. The SMILES string of the molecule is Cc1cc2nc(CC(=O)c3ccc(C(C)(C)C)cc3)cc(-c3cccc(CO)c3)n2n1. The number of ketones is 1. The highest BCUT2D eigenvalue weighted by Crippen LogP contribution is 2.25. The van der Waals surface area contributed by atoms with Crippen LogP contribution in [0.25, 0.3) is 16.9 Å². The third-order valence-corrected chi connectivity index (χ3v) is 5.42. The van der Waals surface area contributed by atoms with Crippen LogP contribution in [0, 0.1) is 6.92 Å². The summed E-state index contributed by atoms with van der Waals surface area (Å²) in [6, 6.07) is 19.4. The van der Waals surface area contributed by atoms with Gasteiger partial charge in [0.1, 0.15) is 0 Å². The predicted molar refractivity (Wildman–Crippen MR) is 122 cm³/mol. The number of aliphatic hydroxyl groups excluding tert-OH is 1. The molecule has 0 spiro atoms. The molecule has 4 rings (SSSR count). The van der Waals surface area contributed by atoms with E-state index in [1.807, 2.05) is 67.6 Å². The van der Waals surface area contributed by atoms with E-state index in [0.717, 1.165) is 22.5 Å². The second-order valence-corrected chi connectivity index (χ2v) is 8.97. The maximum Gasteiger partial charge on any atom is 0.168 e. The minimum absolute atomic E-state index is 0.0311. The van der Waals surface area contributed by atoms with Crippen molar-refractivity contribution >= 4 is 11.4 Å². The van der Waals surface area contributed by atoms with Crippen LogP contribution in [0.3, 0.4) is 0 Å². The summed E-state index contributed by atoms with van der Waals surface area (Å²) in [6.45, 7) is 8.36. The van der Waals surface area contributed by atoms with Gasteiger partial charge in [-0.25, -0.2) is 9.50 Å². The van der Waals surface area contributed by atoms with Crippen LogP contribution >= 0.6 is 0 Å². The largest absolute Gasteiger partial charge is 0.392 e. The molecule has 2 aromatic carbocycles. The van der Waals surface area contributed by atoms with Gasteiger partial charge >= 0.3 is 0 Å². The smallest absolute Gasteiger partial charge is 0.168 e. The molecule has 2 aromatic heterocycles. The molecular formula is C26H27N3O2. The molecule has 0 atom stereocenters. The molecule has 0 radical (unpaired) electrons. The van der Waals surface area contributed by atoms with Crippen LogP contribution in [0.4, 0.5) is 0 Å². The molecule has 0 aliphatic heterocycles. The fraction of sp³-hybridized carbons (Fsp3) is 0.269. The van der Waals surface area contributed by atoms with Crippen molar-refractivity contribution in [1.29, 1.82) is 0 Å². The van der Waals surface area contributed by atoms with Crippen LogP contribution in [0.5, 0.6) is 0 Å². The van der Waals surface area contributed by atoms with Gasteiger partial charge in [0.25, 0.3) is 0 Å². The topological polar surface area (TPSA) is 67.5 Å². The number of carbonyl (C=O) groups excluding carboxylic acids is 1. The second-order valence-electron chi connectivity index (χ2n) is 8.97. The van der Waals surface area contributed by atoms with Crippen molar-refractivity contribution in [2.75, 3.05) is 0 Å². The van der Waals surface area contributed by atoms with Crippen molar-refractivity contribution in [3.63, 3.8) is 0 Å². The first-order chi connectivity index (χ1) is 14.7. The van der Waals surface area contributed by atoms with Gasteiger partial charge in [-0.1, -0.05) is 63.2 Å². The van der Waals surface area contributed by atoms with Gasteiger partial charge in [-0.3, -0.25) is 4.79 Å². The number of aliphatic hydroxyl groups is 1. The number of Topliss-reactive ketones (excluding diaryl/α,β-unsaturated/α-hetero) is 1. The third-order valence-electron chi connectivity index (χ3n) is 5.42. The van der Waals surface area contributed by atoms with E-state index >= 15 is 0 Å². The molecule has 5 nitrogen and oxygen atoms in total. The van der Waals surface area contributed by atoms with Crippen molar-refractivity contribution in [2.24, 2.45) is 0 Å². The van der Waals surface area contributed by atoms with Crippen LogP contribution in [0.1, 0.15) is 53.6 Å². The highest BCUT2D eigenvalue weighted by molar-refractivity contribution is 5.97. The van der Waals surface area contributed by atoms with Gasteiger partial charge in [0.2, 0.25) is 0 Å². The van der Waals surface area contributed by atoms with E-state index in [2.05, 4.69) is 30.9 Å². The zero-order valence-corrected chi connectivity index (χ0v) is 18.4. The lowest BCUT2D eigenvalue weighted by Gasteiger charge is -2.19. The Kier molecular flexibility index (Phi) is 5.46. The Morgan fingerprint density at radius 2 is 1.77 bits per heavy atom. The quantitative estimate of drug-likeness (QED) is 0.472. The van der Waals surface area contributed by atoms with Crippen LogP contribution in [-0.2, 0) is 18.4 Å². The van der Waals surface area contributed by atoms with Gasteiger partial charge < -0.3 is 5.11 Å². The van der Waals surface area contributed by atoms with Crippen LogP contribution in [0.2, 0.25) is 0 Å². The maximum atomic E-state index is 13.0. The summed E-state index contributed by atoms with van der Waals surface area (Å²) >= 11 is 0. The molecular weight excluding hydrogens is 386 g/mol. The Morgan fingerprint density at radius 3 is 2.45 bits per heavy atom. The molecule has 0 aliphatic rings. The second kappa shape index (κ2) is 8.08. The van der Waals surface area contributed by atoms with Crippen molar-refractivity contribution in [1.82, 2.24) is 14.6 Å². The first kappa shape index (κ1) is 20.9. The predicted octanol–water partition coefficient (Wildman–Crippen LogP) is 4.92. The molecule has 0 saturated heterocycles. The van der Waals surface area contributed by atoms with E-state index in [1.165, 1.54) is 5.56 Å². The Labute approximate surface area is 182 Å². The van der Waals surface area contributed by atoms with Crippen LogP contribution in [0.15, 0.2) is 60.7 Å². The molecule has 2 heterocycles. The standard InChI is InChI=1S/C26H27N3O2/c1-17-12-25-27-22(15-24(31)19-8-10-21(11-9-19)26(2,3)4)14-23(29(25)28-17)20-7-5-6-18(13-20)16-30/h5-14,30H,15-16H2,1-4H3. The lowest BCUT2D eigenvalue weighted by molar-refractivity contribution is 0.0992. The summed E-state index contributed by atoms with van der Waals surface area (Å²) in [4.78, 5) is 17.6. The van der Waals surface area contributed by atoms with Gasteiger partial charge in [-0.15, -0.1) is 0 Å². The average molecular weight is 414 g/mol. The number of carbonyl (C=O) groups is 1. The summed E-state index contributed by atoms with van der Waals surface area (Å²) in [6.07, 6.45) is 0.211. The molecule has 31 heavy (non-hydrogen) atoms. The fourth-order valence-corrected chi connectivity index (χ4v) is 3.69. The monoisotopic (exact) mass is 413 g/mol. The lowest BCUT2D eigenvalue weighted by atomic mass is 9.86. The van der Waals surface area contributed by atoms with E-state index in [1.54, 1.807) is 4.52 Å². The van der Waals surface area contributed by atoms with E-state index in [0.29, 0.717) is 16.9 Å². The summed E-state index contributed by atoms with van der Waals surface area (Å²) in [5.74, 6) is 0.0311. The Balaban J connectivity index is 1.70. The van der Waals surface area contributed by atoms with Gasteiger partial charge in [-0.2, -0.15) is 5.10 Å². The van der Waals surface area contributed by atoms with Crippen molar-refractivity contribution in [3.05, 3.63) is 88.7 Å². The van der Waals surface area contributed by atoms with Gasteiger partial charge in [0, 0.05) is 17.2 Å². The normalized spacial score (nSPS) is 11.8. The molecule has 158 valence electrons. The minimum Gasteiger partial charge on any atom is -0.392 e. The number of benzene rings is 2. The Bertz CT molecular complexity index is 1250. The number of hydrogen-bond donors (Lipinski definition) is 1. The summed E-state index contributed by atoms with van der Waals surface area (Å²) < 4.78 is 1.79. The van der Waals surface area contributed by atoms with Gasteiger partial charge in [0.05, 0.1) is 30.1 Å². The molecule has 0 amide bonds. The molecule has 1 N–H and O–H groups in total. The zero-order valence-electron chi connectivity index (χ0n) is 18.4. The van der Waals surface area contributed by atoms with E-state index in [-0.39, 0.29) is 24.2 Å². The minimum atomic E-state index is -0.0316.